The van der Waals surface area contributed by atoms with E-state index in [1.807, 2.05) is 4.90 Å². The van der Waals surface area contributed by atoms with Crippen LogP contribution in [0.4, 0.5) is 0 Å². The molecule has 3 aliphatic rings. The molecule has 1 amide bonds. The summed E-state index contributed by atoms with van der Waals surface area (Å²) in [6, 6.07) is 0. The van der Waals surface area contributed by atoms with E-state index >= 15 is 0 Å². The lowest BCUT2D eigenvalue weighted by atomic mass is 9.95. The van der Waals surface area contributed by atoms with Gasteiger partial charge in [-0.05, 0) is 57.8 Å². The molecular formula is C17H25N3O2. The van der Waals surface area contributed by atoms with Crippen molar-refractivity contribution in [2.75, 3.05) is 13.1 Å². The first kappa shape index (κ1) is 14.2. The van der Waals surface area contributed by atoms with Gasteiger partial charge in [0.2, 0.25) is 0 Å². The van der Waals surface area contributed by atoms with Gasteiger partial charge in [-0.1, -0.05) is 0 Å². The highest BCUT2D eigenvalue weighted by Crippen LogP contribution is 2.28. The van der Waals surface area contributed by atoms with Crippen molar-refractivity contribution < 1.29 is 9.53 Å². The van der Waals surface area contributed by atoms with Gasteiger partial charge in [-0.2, -0.15) is 5.10 Å². The van der Waals surface area contributed by atoms with Crippen LogP contribution in [0.2, 0.25) is 0 Å². The largest absolute Gasteiger partial charge is 0.375 e. The molecule has 2 aliphatic carbocycles. The van der Waals surface area contributed by atoms with Crippen molar-refractivity contribution in [1.29, 1.82) is 0 Å². The standard InChI is InChI=1S/C17H25N3O2/c21-17(16-14-7-2-8-15(14)18-19-16)20-10-3-6-13(9-11-20)22-12-4-1-5-12/h12-13H,1-11H2,(H,18,19). The first-order valence-corrected chi connectivity index (χ1v) is 8.82. The van der Waals surface area contributed by atoms with Crippen molar-refractivity contribution in [3.8, 4) is 0 Å². The Bertz CT molecular complexity index is 550. The molecule has 5 nitrogen and oxygen atoms in total. The fourth-order valence-electron chi connectivity index (χ4n) is 3.83. The number of aryl methyl sites for hydroxylation is 1. The first-order chi connectivity index (χ1) is 10.8. The van der Waals surface area contributed by atoms with Crippen LogP contribution in [0.1, 0.15) is 66.7 Å². The van der Waals surface area contributed by atoms with Crippen LogP contribution in [-0.2, 0) is 17.6 Å². The van der Waals surface area contributed by atoms with Crippen molar-refractivity contribution in [3.05, 3.63) is 17.0 Å². The molecule has 4 rings (SSSR count). The minimum absolute atomic E-state index is 0.115. The second-order valence-electron chi connectivity index (χ2n) is 6.92. The second kappa shape index (κ2) is 6.03. The predicted molar refractivity (Wildman–Crippen MR) is 82.9 cm³/mol. The van der Waals surface area contributed by atoms with Crippen LogP contribution in [-0.4, -0.2) is 46.3 Å². The van der Waals surface area contributed by atoms with Gasteiger partial charge in [0.05, 0.1) is 12.2 Å². The summed E-state index contributed by atoms with van der Waals surface area (Å²) in [5.74, 6) is 0.115. The molecule has 5 heteroatoms. The van der Waals surface area contributed by atoms with Gasteiger partial charge in [0, 0.05) is 24.3 Å². The van der Waals surface area contributed by atoms with E-state index in [-0.39, 0.29) is 5.91 Å². The fraction of sp³-hybridized carbons (Fsp3) is 0.765. The molecule has 2 heterocycles. The van der Waals surface area contributed by atoms with Crippen LogP contribution in [0.3, 0.4) is 0 Å². The Kier molecular flexibility index (Phi) is 3.90. The molecule has 22 heavy (non-hydrogen) atoms. The van der Waals surface area contributed by atoms with Crippen LogP contribution in [0.5, 0.6) is 0 Å². The van der Waals surface area contributed by atoms with E-state index < -0.39 is 0 Å². The lowest BCUT2D eigenvalue weighted by Gasteiger charge is -2.30. The Labute approximate surface area is 131 Å². The molecule has 1 aromatic rings. The maximum absolute atomic E-state index is 12.8. The average Bonchev–Trinajstić information content (AvgIpc) is 3.00. The second-order valence-corrected chi connectivity index (χ2v) is 6.92. The zero-order chi connectivity index (χ0) is 14.9. The minimum Gasteiger partial charge on any atom is -0.375 e. The Morgan fingerprint density at radius 3 is 2.68 bits per heavy atom. The quantitative estimate of drug-likeness (QED) is 0.933. The summed E-state index contributed by atoms with van der Waals surface area (Å²) in [7, 11) is 0. The SMILES string of the molecule is O=C(c1n[nH]c2c1CCC2)N1CCCC(OC2CCC2)CC1. The molecule has 1 aromatic heterocycles. The Hall–Kier alpha value is -1.36. The fourth-order valence-corrected chi connectivity index (χ4v) is 3.83. The number of ether oxygens (including phenoxy) is 1. The summed E-state index contributed by atoms with van der Waals surface area (Å²) >= 11 is 0. The molecule has 1 unspecified atom stereocenters. The lowest BCUT2D eigenvalue weighted by molar-refractivity contribution is -0.0557. The van der Waals surface area contributed by atoms with Crippen molar-refractivity contribution in [3.63, 3.8) is 0 Å². The first-order valence-electron chi connectivity index (χ1n) is 8.82. The number of hydrogen-bond donors (Lipinski definition) is 1. The summed E-state index contributed by atoms with van der Waals surface area (Å²) in [5, 5.41) is 7.34. The van der Waals surface area contributed by atoms with Crippen molar-refractivity contribution in [1.82, 2.24) is 15.1 Å². The number of rotatable bonds is 3. The number of aromatic nitrogens is 2. The molecule has 2 fully saturated rings. The maximum atomic E-state index is 12.8. The number of carbonyl (C=O) groups excluding carboxylic acids is 1. The molecule has 0 aromatic carbocycles. The van der Waals surface area contributed by atoms with Gasteiger partial charge in [-0.25, -0.2) is 0 Å². The zero-order valence-electron chi connectivity index (χ0n) is 13.1. The number of nitrogens with zero attached hydrogens (tertiary/aromatic N) is 2. The van der Waals surface area contributed by atoms with Crippen molar-refractivity contribution in [2.24, 2.45) is 0 Å². The normalized spacial score (nSPS) is 25.6. The third kappa shape index (κ3) is 2.67. The highest BCUT2D eigenvalue weighted by molar-refractivity contribution is 5.94. The smallest absolute Gasteiger partial charge is 0.274 e. The maximum Gasteiger partial charge on any atom is 0.274 e. The van der Waals surface area contributed by atoms with E-state index in [9.17, 15) is 4.79 Å². The molecule has 1 saturated carbocycles. The van der Waals surface area contributed by atoms with E-state index in [0.717, 1.165) is 57.2 Å². The number of aromatic amines is 1. The number of carbonyl (C=O) groups is 1. The van der Waals surface area contributed by atoms with E-state index in [1.165, 1.54) is 25.0 Å². The number of hydrogen-bond acceptors (Lipinski definition) is 3. The van der Waals surface area contributed by atoms with E-state index in [1.54, 1.807) is 0 Å². The lowest BCUT2D eigenvalue weighted by Crippen LogP contribution is -2.33. The van der Waals surface area contributed by atoms with Crippen LogP contribution in [0.15, 0.2) is 0 Å². The number of fused-ring (bicyclic) bond motifs is 1. The average molecular weight is 303 g/mol. The van der Waals surface area contributed by atoms with E-state index in [2.05, 4.69) is 10.2 Å². The molecule has 1 aliphatic heterocycles. The molecule has 0 spiro atoms. The van der Waals surface area contributed by atoms with Crippen molar-refractivity contribution >= 4 is 5.91 Å². The highest BCUT2D eigenvalue weighted by Gasteiger charge is 2.29. The molecule has 0 radical (unpaired) electrons. The summed E-state index contributed by atoms with van der Waals surface area (Å²) < 4.78 is 6.14. The molecule has 0 bridgehead atoms. The summed E-state index contributed by atoms with van der Waals surface area (Å²) in [4.78, 5) is 14.8. The molecule has 120 valence electrons. The van der Waals surface area contributed by atoms with Crippen LogP contribution in [0.25, 0.3) is 0 Å². The van der Waals surface area contributed by atoms with E-state index in [0.29, 0.717) is 17.9 Å². The Morgan fingerprint density at radius 2 is 1.86 bits per heavy atom. The van der Waals surface area contributed by atoms with Gasteiger partial charge in [0.1, 0.15) is 0 Å². The Balaban J connectivity index is 1.38. The van der Waals surface area contributed by atoms with Gasteiger partial charge < -0.3 is 9.64 Å². The zero-order valence-corrected chi connectivity index (χ0v) is 13.1. The molecular weight excluding hydrogens is 278 g/mol. The third-order valence-electron chi connectivity index (χ3n) is 5.41. The minimum atomic E-state index is 0.115. The summed E-state index contributed by atoms with van der Waals surface area (Å²) in [6.07, 6.45) is 10.8. The predicted octanol–water partition coefficient (Wildman–Crippen LogP) is 2.46. The highest BCUT2D eigenvalue weighted by atomic mass is 16.5. The van der Waals surface area contributed by atoms with Crippen LogP contribution < -0.4 is 0 Å². The Morgan fingerprint density at radius 1 is 1.05 bits per heavy atom. The number of nitrogens with one attached hydrogen (secondary N) is 1. The topological polar surface area (TPSA) is 58.2 Å². The van der Waals surface area contributed by atoms with Gasteiger partial charge in [0.15, 0.2) is 5.69 Å². The summed E-state index contributed by atoms with van der Waals surface area (Å²) in [6.45, 7) is 1.64. The van der Waals surface area contributed by atoms with Gasteiger partial charge in [0.25, 0.3) is 5.91 Å². The molecule has 1 saturated heterocycles. The summed E-state index contributed by atoms with van der Waals surface area (Å²) in [5.41, 5.74) is 3.01. The van der Waals surface area contributed by atoms with Gasteiger partial charge in [-0.3, -0.25) is 9.89 Å². The van der Waals surface area contributed by atoms with Crippen LogP contribution in [0, 0.1) is 0 Å². The number of likely N-dealkylation sites (tertiary alicyclic amines) is 1. The third-order valence-corrected chi connectivity index (χ3v) is 5.41. The van der Waals surface area contributed by atoms with E-state index in [4.69, 9.17) is 4.74 Å². The number of amides is 1. The van der Waals surface area contributed by atoms with Gasteiger partial charge >= 0.3 is 0 Å². The molecule has 1 atom stereocenters. The number of H-pyrrole nitrogens is 1. The van der Waals surface area contributed by atoms with Crippen LogP contribution >= 0.6 is 0 Å². The molecule has 1 N–H and O–H groups in total. The van der Waals surface area contributed by atoms with Crippen molar-refractivity contribution in [2.45, 2.75) is 70.0 Å². The monoisotopic (exact) mass is 303 g/mol. The van der Waals surface area contributed by atoms with Gasteiger partial charge in [-0.15, -0.1) is 0 Å².